The zero-order chi connectivity index (χ0) is 25.2. The molecule has 34 heavy (non-hydrogen) atoms. The first kappa shape index (κ1) is 24.4. The molecule has 5 nitrogen and oxygen atoms in total. The average Bonchev–Trinajstić information content (AvgIpc) is 3.07. The third-order valence-corrected chi connectivity index (χ3v) is 6.45. The molecular formula is C23H21ClF5N3O2. The molecule has 4 rings (SSSR count). The number of alkyl halides is 3. The molecule has 0 saturated carbocycles. The van der Waals surface area contributed by atoms with Crippen molar-refractivity contribution in [3.05, 3.63) is 57.9 Å². The lowest BCUT2D eigenvalue weighted by atomic mass is 9.71. The van der Waals surface area contributed by atoms with E-state index < -0.39 is 41.3 Å². The Morgan fingerprint density at radius 3 is 2.44 bits per heavy atom. The van der Waals surface area contributed by atoms with Crippen molar-refractivity contribution < 1.29 is 31.8 Å². The number of aryl methyl sites for hydroxylation is 1. The average molecular weight is 502 g/mol. The van der Waals surface area contributed by atoms with Gasteiger partial charge in [-0.05, 0) is 36.5 Å². The number of benzene rings is 2. The summed E-state index contributed by atoms with van der Waals surface area (Å²) >= 11 is 5.81. The van der Waals surface area contributed by atoms with Crippen LogP contribution < -0.4 is 10.1 Å². The van der Waals surface area contributed by atoms with Crippen molar-refractivity contribution in [2.24, 2.45) is 0 Å². The van der Waals surface area contributed by atoms with Crippen molar-refractivity contribution in [2.75, 3.05) is 12.4 Å². The van der Waals surface area contributed by atoms with Gasteiger partial charge in [-0.25, -0.2) is 18.7 Å². The van der Waals surface area contributed by atoms with E-state index in [1.807, 2.05) is 0 Å². The fourth-order valence-corrected chi connectivity index (χ4v) is 4.85. The topological polar surface area (TPSA) is 67.3 Å². The summed E-state index contributed by atoms with van der Waals surface area (Å²) in [5.41, 5.74) is -4.79. The number of hydrogen-bond donors (Lipinski definition) is 2. The number of aliphatic hydroxyl groups is 1. The number of hydrogen-bond acceptors (Lipinski definition) is 5. The molecule has 0 saturated heterocycles. The van der Waals surface area contributed by atoms with Crippen molar-refractivity contribution in [2.45, 2.75) is 50.4 Å². The Morgan fingerprint density at radius 2 is 1.82 bits per heavy atom. The van der Waals surface area contributed by atoms with E-state index in [1.54, 1.807) is 0 Å². The fraction of sp³-hybridized carbons (Fsp3) is 0.391. The largest absolute Gasteiger partial charge is 0.493 e. The molecule has 2 N–H and O–H groups in total. The Bertz CT molecular complexity index is 1290. The molecule has 0 fully saturated rings. The molecule has 0 amide bonds. The second-order valence-electron chi connectivity index (χ2n) is 9.01. The normalized spacial score (nSPS) is 17.6. The molecule has 2 heterocycles. The van der Waals surface area contributed by atoms with Gasteiger partial charge in [-0.3, -0.25) is 0 Å². The van der Waals surface area contributed by atoms with Crippen LogP contribution in [0.2, 0.25) is 5.02 Å². The summed E-state index contributed by atoms with van der Waals surface area (Å²) in [6.07, 6.45) is -6.08. The quantitative estimate of drug-likeness (QED) is 0.419. The van der Waals surface area contributed by atoms with Crippen LogP contribution in [0.15, 0.2) is 24.3 Å². The molecule has 0 bridgehead atoms. The van der Waals surface area contributed by atoms with Crippen LogP contribution in [0, 0.1) is 18.6 Å². The second-order valence-corrected chi connectivity index (χ2v) is 9.42. The van der Waals surface area contributed by atoms with Gasteiger partial charge in [-0.2, -0.15) is 13.2 Å². The van der Waals surface area contributed by atoms with Crippen LogP contribution in [0.4, 0.5) is 27.8 Å². The molecule has 2 aromatic carbocycles. The second kappa shape index (κ2) is 7.91. The lowest BCUT2D eigenvalue weighted by Crippen LogP contribution is -2.54. The minimum Gasteiger partial charge on any atom is -0.493 e. The predicted molar refractivity (Wildman–Crippen MR) is 117 cm³/mol. The van der Waals surface area contributed by atoms with E-state index in [-0.39, 0.29) is 44.4 Å². The van der Waals surface area contributed by atoms with Gasteiger partial charge < -0.3 is 15.2 Å². The Balaban J connectivity index is 1.87. The van der Waals surface area contributed by atoms with Gasteiger partial charge in [0.2, 0.25) is 0 Å². The van der Waals surface area contributed by atoms with Crippen molar-refractivity contribution in [3.8, 4) is 5.75 Å². The summed E-state index contributed by atoms with van der Waals surface area (Å²) in [7, 11) is 1.17. The standard InChI is InChI=1S/C23H21ClF5N3O2/c1-10-30-15-8-11(25)7-12-16(15)20(31-10)32-19(12)22(33,23(27,28)29)9-21(2,3)13-5-6-14(24)17(26)18(13)34-4/h5-8,19,33H,9H2,1-4H3,(H,30,31,32). The maximum atomic E-state index is 14.6. The zero-order valence-electron chi connectivity index (χ0n) is 18.6. The number of methoxy groups -OCH3 is 1. The molecule has 0 spiro atoms. The van der Waals surface area contributed by atoms with Gasteiger partial charge in [0.25, 0.3) is 0 Å². The fourth-order valence-electron chi connectivity index (χ4n) is 4.70. The van der Waals surface area contributed by atoms with Gasteiger partial charge in [-0.15, -0.1) is 0 Å². The Morgan fingerprint density at radius 1 is 1.15 bits per heavy atom. The highest BCUT2D eigenvalue weighted by molar-refractivity contribution is 6.30. The van der Waals surface area contributed by atoms with Gasteiger partial charge in [0.05, 0.1) is 23.7 Å². The summed E-state index contributed by atoms with van der Waals surface area (Å²) in [4.78, 5) is 8.26. The Kier molecular flexibility index (Phi) is 5.68. The molecule has 2 atom stereocenters. The molecule has 11 heteroatoms. The first-order valence-electron chi connectivity index (χ1n) is 10.3. The van der Waals surface area contributed by atoms with Crippen LogP contribution in [-0.2, 0) is 5.41 Å². The van der Waals surface area contributed by atoms with E-state index in [0.717, 1.165) is 12.1 Å². The third-order valence-electron chi connectivity index (χ3n) is 6.16. The number of nitrogens with zero attached hydrogens (tertiary/aromatic N) is 2. The zero-order valence-corrected chi connectivity index (χ0v) is 19.4. The number of nitrogens with one attached hydrogen (secondary N) is 1. The van der Waals surface area contributed by atoms with Gasteiger partial charge in [0.15, 0.2) is 17.2 Å². The maximum Gasteiger partial charge on any atom is 0.419 e. The highest BCUT2D eigenvalue weighted by atomic mass is 35.5. The van der Waals surface area contributed by atoms with E-state index in [2.05, 4.69) is 15.3 Å². The maximum absolute atomic E-state index is 14.6. The molecule has 1 aliphatic heterocycles. The number of aromatic nitrogens is 2. The number of anilines is 1. The molecule has 2 unspecified atom stereocenters. The molecular weight excluding hydrogens is 481 g/mol. The SMILES string of the molecule is COc1c(C(C)(C)CC(O)(C2Nc3nc(C)nc4cc(F)cc2c34)C(F)(F)F)ccc(Cl)c1F. The van der Waals surface area contributed by atoms with Crippen LogP contribution in [-0.4, -0.2) is 34.0 Å². The first-order chi connectivity index (χ1) is 15.7. The van der Waals surface area contributed by atoms with Crippen LogP contribution >= 0.6 is 11.6 Å². The highest BCUT2D eigenvalue weighted by Gasteiger charge is 2.62. The molecule has 1 aliphatic rings. The number of halogens is 6. The Labute approximate surface area is 196 Å². The van der Waals surface area contributed by atoms with E-state index in [9.17, 15) is 27.1 Å². The van der Waals surface area contributed by atoms with Crippen LogP contribution in [0.5, 0.6) is 5.75 Å². The van der Waals surface area contributed by atoms with E-state index in [0.29, 0.717) is 0 Å². The lowest BCUT2D eigenvalue weighted by Gasteiger charge is -2.42. The van der Waals surface area contributed by atoms with Crippen molar-refractivity contribution in [1.82, 2.24) is 9.97 Å². The van der Waals surface area contributed by atoms with E-state index in [4.69, 9.17) is 16.3 Å². The van der Waals surface area contributed by atoms with Crippen molar-refractivity contribution >= 4 is 28.3 Å². The Hall–Kier alpha value is -2.72. The smallest absolute Gasteiger partial charge is 0.419 e. The summed E-state index contributed by atoms with van der Waals surface area (Å²) < 4.78 is 77.7. The van der Waals surface area contributed by atoms with Crippen LogP contribution in [0.1, 0.15) is 43.3 Å². The summed E-state index contributed by atoms with van der Waals surface area (Å²) in [6, 6.07) is 2.80. The highest BCUT2D eigenvalue weighted by Crippen LogP contribution is 2.53. The van der Waals surface area contributed by atoms with Crippen LogP contribution in [0.25, 0.3) is 10.9 Å². The number of ether oxygens (including phenoxy) is 1. The molecule has 0 radical (unpaired) electrons. The molecule has 1 aromatic heterocycles. The van der Waals surface area contributed by atoms with Gasteiger partial charge in [-0.1, -0.05) is 31.5 Å². The molecule has 0 aliphatic carbocycles. The third kappa shape index (κ3) is 3.73. The predicted octanol–water partition coefficient (Wildman–Crippen LogP) is 6.01. The molecule has 182 valence electrons. The summed E-state index contributed by atoms with van der Waals surface area (Å²) in [5, 5.41) is 13.9. The lowest BCUT2D eigenvalue weighted by molar-refractivity contribution is -0.273. The van der Waals surface area contributed by atoms with Crippen molar-refractivity contribution in [3.63, 3.8) is 0 Å². The minimum absolute atomic E-state index is 0.0677. The van der Waals surface area contributed by atoms with E-state index in [1.165, 1.54) is 40.0 Å². The van der Waals surface area contributed by atoms with Crippen LogP contribution in [0.3, 0.4) is 0 Å². The molecule has 3 aromatic rings. The summed E-state index contributed by atoms with van der Waals surface area (Å²) in [6.45, 7) is 4.36. The van der Waals surface area contributed by atoms with Gasteiger partial charge in [0.1, 0.15) is 17.5 Å². The monoisotopic (exact) mass is 501 g/mol. The van der Waals surface area contributed by atoms with Crippen molar-refractivity contribution in [1.29, 1.82) is 0 Å². The van der Waals surface area contributed by atoms with Gasteiger partial charge in [0, 0.05) is 17.0 Å². The first-order valence-corrected chi connectivity index (χ1v) is 10.6. The minimum atomic E-state index is -5.16. The van der Waals surface area contributed by atoms with E-state index >= 15 is 0 Å². The summed E-state index contributed by atoms with van der Waals surface area (Å²) in [5.74, 6) is -1.75. The van der Waals surface area contributed by atoms with Gasteiger partial charge >= 0.3 is 6.18 Å². The number of rotatable bonds is 5.